The third-order valence-corrected chi connectivity index (χ3v) is 2.29. The fraction of sp³-hybridized carbons (Fsp3) is 0.333. The van der Waals surface area contributed by atoms with Crippen LogP contribution in [0.3, 0.4) is 0 Å². The maximum Gasteiger partial charge on any atom is 0.117 e. The van der Waals surface area contributed by atoms with Gasteiger partial charge in [-0.2, -0.15) is 0 Å². The lowest BCUT2D eigenvalue weighted by molar-refractivity contribution is 0.181. The lowest BCUT2D eigenvalue weighted by atomic mass is 10.1. The molecule has 0 heterocycles. The van der Waals surface area contributed by atoms with Crippen LogP contribution in [0.5, 0.6) is 0 Å². The van der Waals surface area contributed by atoms with E-state index in [2.05, 4.69) is 11.8 Å². The van der Waals surface area contributed by atoms with Crippen molar-refractivity contribution in [1.29, 1.82) is 0 Å². The van der Waals surface area contributed by atoms with Crippen LogP contribution in [0.1, 0.15) is 19.4 Å². The van der Waals surface area contributed by atoms with E-state index in [0.29, 0.717) is 15.6 Å². The third kappa shape index (κ3) is 4.13. The third-order valence-electron chi connectivity index (χ3n) is 1.86. The zero-order valence-corrected chi connectivity index (χ0v) is 10.1. The summed E-state index contributed by atoms with van der Waals surface area (Å²) in [5.74, 6) is 5.70. The molecule has 0 aromatic heterocycles. The van der Waals surface area contributed by atoms with Gasteiger partial charge in [0, 0.05) is 15.6 Å². The first-order valence-corrected chi connectivity index (χ1v) is 5.40. The van der Waals surface area contributed by atoms with Crippen LogP contribution in [0, 0.1) is 17.8 Å². The minimum atomic E-state index is -0.622. The van der Waals surface area contributed by atoms with E-state index >= 15 is 0 Å². The highest BCUT2D eigenvalue weighted by molar-refractivity contribution is 6.34. The van der Waals surface area contributed by atoms with E-state index in [-0.39, 0.29) is 5.92 Å². The van der Waals surface area contributed by atoms with Gasteiger partial charge in [0.25, 0.3) is 0 Å². The Balaban J connectivity index is 2.89. The van der Waals surface area contributed by atoms with Crippen LogP contribution >= 0.6 is 23.2 Å². The van der Waals surface area contributed by atoms with E-state index in [9.17, 15) is 5.11 Å². The topological polar surface area (TPSA) is 20.2 Å². The molecule has 1 nitrogen and oxygen atoms in total. The number of halogens is 2. The van der Waals surface area contributed by atoms with E-state index in [1.807, 2.05) is 13.8 Å². The van der Waals surface area contributed by atoms with Crippen LogP contribution in [0.25, 0.3) is 0 Å². The van der Waals surface area contributed by atoms with Crippen molar-refractivity contribution in [2.24, 2.45) is 5.92 Å². The Morgan fingerprint density at radius 1 is 1.13 bits per heavy atom. The number of benzene rings is 1. The van der Waals surface area contributed by atoms with Gasteiger partial charge >= 0.3 is 0 Å². The second kappa shape index (κ2) is 5.42. The molecule has 15 heavy (non-hydrogen) atoms. The second-order valence-electron chi connectivity index (χ2n) is 3.62. The fourth-order valence-corrected chi connectivity index (χ4v) is 1.48. The van der Waals surface area contributed by atoms with Crippen molar-refractivity contribution in [3.8, 4) is 11.8 Å². The average Bonchev–Trinajstić information content (AvgIpc) is 2.12. The highest BCUT2D eigenvalue weighted by Crippen LogP contribution is 2.18. The zero-order chi connectivity index (χ0) is 11.4. The first kappa shape index (κ1) is 12.4. The molecule has 1 aromatic carbocycles. The van der Waals surface area contributed by atoms with E-state index in [1.165, 1.54) is 0 Å². The maximum absolute atomic E-state index is 9.49. The normalized spacial score (nSPS) is 12.1. The van der Waals surface area contributed by atoms with Gasteiger partial charge < -0.3 is 5.11 Å². The van der Waals surface area contributed by atoms with Crippen LogP contribution in [-0.2, 0) is 0 Å². The molecule has 1 N–H and O–H groups in total. The van der Waals surface area contributed by atoms with Gasteiger partial charge in [-0.25, -0.2) is 0 Å². The lowest BCUT2D eigenvalue weighted by Crippen LogP contribution is -2.11. The molecule has 80 valence electrons. The Labute approximate surface area is 100 Å². The molecular formula is C12H12Cl2O. The quantitative estimate of drug-likeness (QED) is 0.750. The van der Waals surface area contributed by atoms with Gasteiger partial charge in [-0.1, -0.05) is 48.9 Å². The Morgan fingerprint density at radius 2 is 1.67 bits per heavy atom. The Bertz CT molecular complexity index is 382. The standard InChI is InChI=1S/C12H12Cl2O/c1-8(2)12(15)4-3-9-5-10(13)7-11(14)6-9/h5-8,12,15H,1-2H3. The highest BCUT2D eigenvalue weighted by Gasteiger charge is 2.03. The van der Waals surface area contributed by atoms with Crippen molar-refractivity contribution >= 4 is 23.2 Å². The van der Waals surface area contributed by atoms with Crippen molar-refractivity contribution in [3.05, 3.63) is 33.8 Å². The molecule has 0 fully saturated rings. The van der Waals surface area contributed by atoms with Crippen molar-refractivity contribution < 1.29 is 5.11 Å². The summed E-state index contributed by atoms with van der Waals surface area (Å²) >= 11 is 11.6. The SMILES string of the molecule is CC(C)C(O)C#Cc1cc(Cl)cc(Cl)c1. The highest BCUT2D eigenvalue weighted by atomic mass is 35.5. The molecule has 1 atom stereocenters. The first-order chi connectivity index (χ1) is 6.99. The van der Waals surface area contributed by atoms with Gasteiger partial charge in [0.15, 0.2) is 0 Å². The minimum Gasteiger partial charge on any atom is -0.380 e. The van der Waals surface area contributed by atoms with E-state index in [4.69, 9.17) is 23.2 Å². The van der Waals surface area contributed by atoms with Crippen LogP contribution in [-0.4, -0.2) is 11.2 Å². The Morgan fingerprint density at radius 3 is 2.13 bits per heavy atom. The number of rotatable bonds is 1. The molecule has 0 amide bonds. The summed E-state index contributed by atoms with van der Waals surface area (Å²) in [5, 5.41) is 10.6. The molecule has 1 aromatic rings. The molecule has 0 bridgehead atoms. The van der Waals surface area contributed by atoms with Gasteiger partial charge in [0.1, 0.15) is 6.10 Å². The molecule has 1 rings (SSSR count). The summed E-state index contributed by atoms with van der Waals surface area (Å²) < 4.78 is 0. The maximum atomic E-state index is 9.49. The summed E-state index contributed by atoms with van der Waals surface area (Å²) in [5.41, 5.74) is 0.715. The number of aliphatic hydroxyl groups is 1. The van der Waals surface area contributed by atoms with Crippen LogP contribution < -0.4 is 0 Å². The lowest BCUT2D eigenvalue weighted by Gasteiger charge is -2.05. The molecule has 1 unspecified atom stereocenters. The summed E-state index contributed by atoms with van der Waals surface area (Å²) in [6, 6.07) is 5.08. The molecule has 0 radical (unpaired) electrons. The number of hydrogen-bond acceptors (Lipinski definition) is 1. The molecule has 0 aliphatic rings. The van der Waals surface area contributed by atoms with Gasteiger partial charge in [-0.15, -0.1) is 0 Å². The summed E-state index contributed by atoms with van der Waals surface area (Å²) in [7, 11) is 0. The Hall–Kier alpha value is -0.680. The summed E-state index contributed by atoms with van der Waals surface area (Å²) in [6.45, 7) is 3.81. The largest absolute Gasteiger partial charge is 0.380 e. The van der Waals surface area contributed by atoms with E-state index < -0.39 is 6.10 Å². The van der Waals surface area contributed by atoms with Crippen LogP contribution in [0.15, 0.2) is 18.2 Å². The molecule has 0 aliphatic carbocycles. The molecule has 0 aliphatic heterocycles. The number of aliphatic hydroxyl groups excluding tert-OH is 1. The second-order valence-corrected chi connectivity index (χ2v) is 4.49. The average molecular weight is 243 g/mol. The van der Waals surface area contributed by atoms with Crippen molar-refractivity contribution in [3.63, 3.8) is 0 Å². The van der Waals surface area contributed by atoms with Crippen LogP contribution in [0.2, 0.25) is 10.0 Å². The number of hydrogen-bond donors (Lipinski definition) is 1. The molecule has 3 heteroatoms. The van der Waals surface area contributed by atoms with Crippen molar-refractivity contribution in [2.75, 3.05) is 0 Å². The molecule has 0 saturated carbocycles. The van der Waals surface area contributed by atoms with Gasteiger partial charge in [-0.3, -0.25) is 0 Å². The minimum absolute atomic E-state index is 0.118. The predicted molar refractivity (Wildman–Crippen MR) is 64.2 cm³/mol. The fourth-order valence-electron chi connectivity index (χ4n) is 0.950. The molecule has 0 spiro atoms. The predicted octanol–water partition coefficient (Wildman–Crippen LogP) is 3.36. The van der Waals surface area contributed by atoms with Crippen molar-refractivity contribution in [2.45, 2.75) is 20.0 Å². The van der Waals surface area contributed by atoms with Crippen molar-refractivity contribution in [1.82, 2.24) is 0 Å². The summed E-state index contributed by atoms with van der Waals surface area (Å²) in [4.78, 5) is 0. The zero-order valence-electron chi connectivity index (χ0n) is 8.59. The monoisotopic (exact) mass is 242 g/mol. The van der Waals surface area contributed by atoms with Gasteiger partial charge in [0.2, 0.25) is 0 Å². The van der Waals surface area contributed by atoms with Gasteiger partial charge in [-0.05, 0) is 24.1 Å². The molecule has 0 saturated heterocycles. The smallest absolute Gasteiger partial charge is 0.117 e. The summed E-state index contributed by atoms with van der Waals surface area (Å²) in [6.07, 6.45) is -0.622. The van der Waals surface area contributed by atoms with E-state index in [0.717, 1.165) is 0 Å². The Kier molecular flexibility index (Phi) is 4.47. The first-order valence-electron chi connectivity index (χ1n) is 4.64. The van der Waals surface area contributed by atoms with E-state index in [1.54, 1.807) is 18.2 Å². The van der Waals surface area contributed by atoms with Gasteiger partial charge in [0.05, 0.1) is 0 Å². The van der Waals surface area contributed by atoms with Crippen LogP contribution in [0.4, 0.5) is 0 Å². The molecular weight excluding hydrogens is 231 g/mol.